The topological polar surface area (TPSA) is 83.6 Å². The largest absolute Gasteiger partial charge is 0.337 e. The summed E-state index contributed by atoms with van der Waals surface area (Å²) in [6.07, 6.45) is 0. The van der Waals surface area contributed by atoms with Crippen LogP contribution in [0.15, 0.2) is 35.5 Å². The van der Waals surface area contributed by atoms with Gasteiger partial charge in [0, 0.05) is 0 Å². The van der Waals surface area contributed by atoms with Gasteiger partial charge in [-0.2, -0.15) is 5.26 Å². The van der Waals surface area contributed by atoms with Crippen molar-refractivity contribution < 1.29 is 4.79 Å². The van der Waals surface area contributed by atoms with Crippen LogP contribution in [-0.4, -0.2) is 32.0 Å². The van der Waals surface area contributed by atoms with Crippen molar-refractivity contribution in [3.05, 3.63) is 41.7 Å². The van der Waals surface area contributed by atoms with Crippen LogP contribution in [0.2, 0.25) is 0 Å². The summed E-state index contributed by atoms with van der Waals surface area (Å²) in [6, 6.07) is 12.2. The molecular weight excluding hydrogens is 334 g/mol. The van der Waals surface area contributed by atoms with Crippen molar-refractivity contribution in [3.8, 4) is 6.07 Å². The molecule has 0 saturated heterocycles. The molecule has 7 heteroatoms. The second-order valence-electron chi connectivity index (χ2n) is 6.41. The number of hydrogen-bond donors (Lipinski definition) is 1. The molecule has 25 heavy (non-hydrogen) atoms. The van der Waals surface area contributed by atoms with Crippen LogP contribution in [0.5, 0.6) is 0 Å². The molecule has 1 aromatic carbocycles. The van der Waals surface area contributed by atoms with Gasteiger partial charge in [-0.15, -0.1) is 10.2 Å². The minimum Gasteiger partial charge on any atom is -0.337 e. The van der Waals surface area contributed by atoms with Crippen LogP contribution in [0.3, 0.4) is 0 Å². The van der Waals surface area contributed by atoms with Gasteiger partial charge in [-0.3, -0.25) is 4.79 Å². The van der Waals surface area contributed by atoms with Gasteiger partial charge in [0.15, 0.2) is 5.16 Å². The summed E-state index contributed by atoms with van der Waals surface area (Å²) >= 11 is 1.33. The molecule has 2 rings (SSSR count). The second kappa shape index (κ2) is 8.17. The number of aromatic nitrogens is 3. The number of hydrogen-bond acceptors (Lipinski definition) is 5. The van der Waals surface area contributed by atoms with Crippen LogP contribution >= 0.6 is 11.8 Å². The summed E-state index contributed by atoms with van der Waals surface area (Å²) in [7, 11) is 0. The van der Waals surface area contributed by atoms with Gasteiger partial charge in [0.2, 0.25) is 5.91 Å². The van der Waals surface area contributed by atoms with Gasteiger partial charge in [0.05, 0.1) is 18.4 Å². The van der Waals surface area contributed by atoms with E-state index in [-0.39, 0.29) is 17.6 Å². The van der Waals surface area contributed by atoms with Crippen LogP contribution in [0.25, 0.3) is 0 Å². The maximum atomic E-state index is 12.2. The van der Waals surface area contributed by atoms with Crippen molar-refractivity contribution in [3.63, 3.8) is 0 Å². The smallest absolute Gasteiger partial charge is 0.231 e. The number of thioether (sulfide) groups is 1. The van der Waals surface area contributed by atoms with E-state index >= 15 is 0 Å². The minimum atomic E-state index is -0.870. The lowest BCUT2D eigenvalue weighted by molar-refractivity contribution is -0.120. The molecule has 1 aromatic heterocycles. The summed E-state index contributed by atoms with van der Waals surface area (Å²) in [4.78, 5) is 12.2. The van der Waals surface area contributed by atoms with Crippen LogP contribution < -0.4 is 5.32 Å². The fourth-order valence-corrected chi connectivity index (χ4v) is 2.96. The Morgan fingerprint density at radius 2 is 2.04 bits per heavy atom. The fraction of sp³-hybridized carbons (Fsp3) is 0.444. The van der Waals surface area contributed by atoms with Crippen molar-refractivity contribution in [1.29, 1.82) is 5.26 Å². The third-order valence-corrected chi connectivity index (χ3v) is 5.17. The minimum absolute atomic E-state index is 0.0235. The third-order valence-electron chi connectivity index (χ3n) is 4.20. The van der Waals surface area contributed by atoms with Crippen LogP contribution in [0.4, 0.5) is 0 Å². The molecule has 0 aliphatic carbocycles. The fourth-order valence-electron chi connectivity index (χ4n) is 2.17. The Kier molecular flexibility index (Phi) is 6.21. The SMILES string of the molecule is Cc1nnc(SCC(=O)N[C@@](C)(C#N)C(C)C)n1Cc1ccccc1. The van der Waals surface area contributed by atoms with Crippen molar-refractivity contribution in [2.45, 2.75) is 44.9 Å². The van der Waals surface area contributed by atoms with E-state index in [1.807, 2.05) is 55.7 Å². The standard InChI is InChI=1S/C18H23N5OS/c1-13(2)18(4,12-19)20-16(24)11-25-17-22-21-14(3)23(17)10-15-8-6-5-7-9-15/h5-9,13H,10-11H2,1-4H3,(H,20,24)/t18-/m0/s1. The molecule has 6 nitrogen and oxygen atoms in total. The highest BCUT2D eigenvalue weighted by atomic mass is 32.2. The summed E-state index contributed by atoms with van der Waals surface area (Å²) in [5.41, 5.74) is 0.277. The van der Waals surface area contributed by atoms with E-state index in [1.54, 1.807) is 6.92 Å². The molecule has 0 unspecified atom stereocenters. The maximum Gasteiger partial charge on any atom is 0.231 e. The number of benzene rings is 1. The normalized spacial score (nSPS) is 13.3. The Morgan fingerprint density at radius 1 is 1.36 bits per heavy atom. The number of carbonyl (C=O) groups excluding carboxylic acids is 1. The van der Waals surface area contributed by atoms with Gasteiger partial charge in [-0.05, 0) is 25.3 Å². The molecule has 0 fully saturated rings. The van der Waals surface area contributed by atoms with E-state index in [9.17, 15) is 10.1 Å². The van der Waals surface area contributed by atoms with E-state index in [0.717, 1.165) is 11.4 Å². The molecule has 0 spiro atoms. The number of aryl methyl sites for hydroxylation is 1. The highest BCUT2D eigenvalue weighted by Crippen LogP contribution is 2.20. The summed E-state index contributed by atoms with van der Waals surface area (Å²) in [6.45, 7) is 8.12. The monoisotopic (exact) mass is 357 g/mol. The van der Waals surface area contributed by atoms with Gasteiger partial charge in [-0.25, -0.2) is 0 Å². The zero-order valence-corrected chi connectivity index (χ0v) is 15.8. The number of nitriles is 1. The number of amides is 1. The lowest BCUT2D eigenvalue weighted by atomic mass is 9.90. The van der Waals surface area contributed by atoms with E-state index in [4.69, 9.17) is 0 Å². The molecule has 132 valence electrons. The van der Waals surface area contributed by atoms with Gasteiger partial charge in [0.1, 0.15) is 11.4 Å². The molecule has 0 aliphatic rings. The van der Waals surface area contributed by atoms with Gasteiger partial charge in [0.25, 0.3) is 0 Å². The second-order valence-corrected chi connectivity index (χ2v) is 7.35. The summed E-state index contributed by atoms with van der Waals surface area (Å²) in [5, 5.41) is 21.1. The predicted molar refractivity (Wildman–Crippen MR) is 98.0 cm³/mol. The number of nitrogens with zero attached hydrogens (tertiary/aromatic N) is 4. The van der Waals surface area contributed by atoms with E-state index in [1.165, 1.54) is 11.8 Å². The van der Waals surface area contributed by atoms with Gasteiger partial charge >= 0.3 is 0 Å². The zero-order valence-electron chi connectivity index (χ0n) is 15.0. The molecule has 0 aliphatic heterocycles. The quantitative estimate of drug-likeness (QED) is 0.770. The first kappa shape index (κ1) is 19.0. The van der Waals surface area contributed by atoms with Gasteiger partial charge < -0.3 is 9.88 Å². The number of rotatable bonds is 7. The first-order valence-corrected chi connectivity index (χ1v) is 9.13. The van der Waals surface area contributed by atoms with Crippen LogP contribution in [0.1, 0.15) is 32.2 Å². The Bertz CT molecular complexity index is 766. The molecular formula is C18H23N5OS. The van der Waals surface area contributed by atoms with Crippen molar-refractivity contribution in [2.24, 2.45) is 5.92 Å². The molecule has 1 heterocycles. The van der Waals surface area contributed by atoms with Crippen molar-refractivity contribution in [1.82, 2.24) is 20.1 Å². The van der Waals surface area contributed by atoms with Gasteiger partial charge in [-0.1, -0.05) is 55.9 Å². The average Bonchev–Trinajstić information content (AvgIpc) is 2.94. The molecule has 0 saturated carbocycles. The van der Waals surface area contributed by atoms with Crippen molar-refractivity contribution >= 4 is 17.7 Å². The summed E-state index contributed by atoms with van der Waals surface area (Å²) < 4.78 is 1.99. The van der Waals surface area contributed by atoms with Crippen LogP contribution in [-0.2, 0) is 11.3 Å². The molecule has 1 N–H and O–H groups in total. The Labute approximate surface area is 152 Å². The Hall–Kier alpha value is -2.33. The molecule has 2 aromatic rings. The molecule has 0 bridgehead atoms. The Balaban J connectivity index is 2.02. The highest BCUT2D eigenvalue weighted by molar-refractivity contribution is 7.99. The van der Waals surface area contributed by atoms with Crippen LogP contribution in [0, 0.1) is 24.2 Å². The van der Waals surface area contributed by atoms with E-state index < -0.39 is 5.54 Å². The van der Waals surface area contributed by atoms with Crippen molar-refractivity contribution in [2.75, 3.05) is 5.75 Å². The van der Waals surface area contributed by atoms with E-state index in [0.29, 0.717) is 11.7 Å². The molecule has 1 atom stereocenters. The first-order chi connectivity index (χ1) is 11.9. The summed E-state index contributed by atoms with van der Waals surface area (Å²) in [5.74, 6) is 0.831. The zero-order chi connectivity index (χ0) is 18.4. The Morgan fingerprint density at radius 3 is 2.64 bits per heavy atom. The predicted octanol–water partition coefficient (Wildman–Crippen LogP) is 2.78. The van der Waals surface area contributed by atoms with E-state index in [2.05, 4.69) is 21.6 Å². The lowest BCUT2D eigenvalue weighted by Gasteiger charge is -2.27. The third kappa shape index (κ3) is 4.83. The number of carbonyl (C=O) groups is 1. The molecule has 1 amide bonds. The molecule has 0 radical (unpaired) electrons. The maximum absolute atomic E-state index is 12.2. The lowest BCUT2D eigenvalue weighted by Crippen LogP contribution is -2.49. The first-order valence-electron chi connectivity index (χ1n) is 8.14. The average molecular weight is 357 g/mol. The highest BCUT2D eigenvalue weighted by Gasteiger charge is 2.30. The number of nitrogens with one attached hydrogen (secondary N) is 1.